The van der Waals surface area contributed by atoms with Crippen LogP contribution >= 0.6 is 0 Å². The third-order valence-corrected chi connectivity index (χ3v) is 3.48. The second-order valence-electron chi connectivity index (χ2n) is 5.55. The van der Waals surface area contributed by atoms with Gasteiger partial charge in [0.15, 0.2) is 0 Å². The Hall–Kier alpha value is -1.36. The van der Waals surface area contributed by atoms with Crippen molar-refractivity contribution in [3.8, 4) is 0 Å². The van der Waals surface area contributed by atoms with Crippen LogP contribution in [0, 0.1) is 6.92 Å². The molecule has 1 aliphatic rings. The summed E-state index contributed by atoms with van der Waals surface area (Å²) in [4.78, 5) is 11.3. The Balaban J connectivity index is 2.15. The first-order chi connectivity index (χ1) is 9.06. The lowest BCUT2D eigenvalue weighted by Gasteiger charge is -2.32. The van der Waals surface area contributed by atoms with Crippen LogP contribution in [-0.4, -0.2) is 42.2 Å². The summed E-state index contributed by atoms with van der Waals surface area (Å²) in [5.74, 6) is 2.75. The fourth-order valence-electron chi connectivity index (χ4n) is 2.48. The largest absolute Gasteiger partial charge is 0.368 e. The van der Waals surface area contributed by atoms with Crippen molar-refractivity contribution in [1.29, 1.82) is 0 Å². The molecule has 2 N–H and O–H groups in total. The Morgan fingerprint density at radius 3 is 2.63 bits per heavy atom. The smallest absolute Gasteiger partial charge is 0.134 e. The fourth-order valence-corrected chi connectivity index (χ4v) is 2.48. The van der Waals surface area contributed by atoms with Gasteiger partial charge in [-0.1, -0.05) is 0 Å². The lowest BCUT2D eigenvalue weighted by atomic mass is 10.1. The number of aromatic nitrogens is 2. The minimum absolute atomic E-state index is 0.381. The Morgan fingerprint density at radius 2 is 2.00 bits per heavy atom. The van der Waals surface area contributed by atoms with E-state index in [1.54, 1.807) is 0 Å². The summed E-state index contributed by atoms with van der Waals surface area (Å²) in [6.45, 7) is 8.37. The Kier molecular flexibility index (Phi) is 4.58. The number of hydrogen-bond donors (Lipinski definition) is 2. The minimum atomic E-state index is 0.381. The van der Waals surface area contributed by atoms with E-state index in [0.717, 1.165) is 30.5 Å². The van der Waals surface area contributed by atoms with E-state index in [4.69, 9.17) is 0 Å². The normalized spacial score (nSPS) is 16.7. The molecule has 5 nitrogen and oxygen atoms in total. The van der Waals surface area contributed by atoms with E-state index in [-0.39, 0.29) is 0 Å². The van der Waals surface area contributed by atoms with Crippen molar-refractivity contribution in [2.45, 2.75) is 45.7 Å². The maximum atomic E-state index is 4.57. The second kappa shape index (κ2) is 6.19. The van der Waals surface area contributed by atoms with Gasteiger partial charge in [0.25, 0.3) is 0 Å². The van der Waals surface area contributed by atoms with Crippen LogP contribution in [-0.2, 0) is 0 Å². The standard InChI is InChI=1S/C14H25N5/c1-10(2)16-13-9-14(18-11(3)17-13)19(4)12-5-7-15-8-6-12/h9-10,12,15H,5-8H2,1-4H3,(H,16,17,18). The molecule has 0 atom stereocenters. The molecule has 0 amide bonds. The summed E-state index contributed by atoms with van der Waals surface area (Å²) in [5.41, 5.74) is 0. The molecule has 1 aromatic heterocycles. The summed E-state index contributed by atoms with van der Waals surface area (Å²) in [6, 6.07) is 3.00. The van der Waals surface area contributed by atoms with Crippen LogP contribution in [0.2, 0.25) is 0 Å². The molecule has 0 unspecified atom stereocenters. The zero-order valence-corrected chi connectivity index (χ0v) is 12.4. The van der Waals surface area contributed by atoms with Gasteiger partial charge in [0.1, 0.15) is 17.5 Å². The molecule has 0 spiro atoms. The summed E-state index contributed by atoms with van der Waals surface area (Å²) in [7, 11) is 2.14. The average molecular weight is 263 g/mol. The highest BCUT2D eigenvalue weighted by atomic mass is 15.2. The number of piperidine rings is 1. The van der Waals surface area contributed by atoms with Crippen molar-refractivity contribution in [2.75, 3.05) is 30.4 Å². The van der Waals surface area contributed by atoms with Crippen molar-refractivity contribution in [2.24, 2.45) is 0 Å². The highest BCUT2D eigenvalue weighted by Crippen LogP contribution is 2.20. The predicted molar refractivity (Wildman–Crippen MR) is 79.8 cm³/mol. The van der Waals surface area contributed by atoms with Gasteiger partial charge in [0, 0.05) is 25.2 Å². The van der Waals surface area contributed by atoms with Crippen molar-refractivity contribution < 1.29 is 0 Å². The van der Waals surface area contributed by atoms with Crippen molar-refractivity contribution in [3.63, 3.8) is 0 Å². The lowest BCUT2D eigenvalue weighted by Crippen LogP contribution is -2.41. The van der Waals surface area contributed by atoms with Crippen molar-refractivity contribution in [1.82, 2.24) is 15.3 Å². The number of aryl methyl sites for hydroxylation is 1. The van der Waals surface area contributed by atoms with E-state index >= 15 is 0 Å². The number of anilines is 2. The van der Waals surface area contributed by atoms with Crippen molar-refractivity contribution >= 4 is 11.6 Å². The highest BCUT2D eigenvalue weighted by molar-refractivity contribution is 5.50. The molecule has 2 rings (SSSR count). The van der Waals surface area contributed by atoms with Gasteiger partial charge in [0.05, 0.1) is 0 Å². The van der Waals surface area contributed by atoms with E-state index in [0.29, 0.717) is 12.1 Å². The van der Waals surface area contributed by atoms with E-state index in [1.165, 1.54) is 12.8 Å². The van der Waals surface area contributed by atoms with E-state index in [9.17, 15) is 0 Å². The zero-order valence-electron chi connectivity index (χ0n) is 12.4. The molecule has 2 heterocycles. The maximum Gasteiger partial charge on any atom is 0.134 e. The van der Waals surface area contributed by atoms with Gasteiger partial charge in [-0.2, -0.15) is 0 Å². The van der Waals surface area contributed by atoms with Crippen LogP contribution < -0.4 is 15.5 Å². The minimum Gasteiger partial charge on any atom is -0.368 e. The summed E-state index contributed by atoms with van der Waals surface area (Å²) >= 11 is 0. The number of hydrogen-bond acceptors (Lipinski definition) is 5. The average Bonchev–Trinajstić information content (AvgIpc) is 2.37. The summed E-state index contributed by atoms with van der Waals surface area (Å²) < 4.78 is 0. The SMILES string of the molecule is Cc1nc(NC(C)C)cc(N(C)C2CCNCC2)n1. The molecular weight excluding hydrogens is 238 g/mol. The fraction of sp³-hybridized carbons (Fsp3) is 0.714. The molecule has 0 aromatic carbocycles. The second-order valence-corrected chi connectivity index (χ2v) is 5.55. The van der Waals surface area contributed by atoms with Gasteiger partial charge < -0.3 is 15.5 Å². The number of nitrogens with zero attached hydrogens (tertiary/aromatic N) is 3. The molecule has 1 aliphatic heterocycles. The van der Waals surface area contributed by atoms with Gasteiger partial charge in [0.2, 0.25) is 0 Å². The maximum absolute atomic E-state index is 4.57. The van der Waals surface area contributed by atoms with Crippen LogP contribution in [0.25, 0.3) is 0 Å². The molecule has 0 radical (unpaired) electrons. The number of rotatable bonds is 4. The molecule has 1 fully saturated rings. The zero-order chi connectivity index (χ0) is 13.8. The van der Waals surface area contributed by atoms with E-state index in [1.807, 2.05) is 6.92 Å². The Morgan fingerprint density at radius 1 is 1.32 bits per heavy atom. The molecule has 1 saturated heterocycles. The summed E-state index contributed by atoms with van der Waals surface area (Å²) in [6.07, 6.45) is 2.35. The monoisotopic (exact) mass is 263 g/mol. The third-order valence-electron chi connectivity index (χ3n) is 3.48. The van der Waals surface area contributed by atoms with Gasteiger partial charge in [-0.05, 0) is 46.7 Å². The molecule has 0 bridgehead atoms. The van der Waals surface area contributed by atoms with Gasteiger partial charge in [-0.3, -0.25) is 0 Å². The topological polar surface area (TPSA) is 53.1 Å². The molecular formula is C14H25N5. The van der Waals surface area contributed by atoms with Crippen LogP contribution in [0.1, 0.15) is 32.5 Å². The van der Waals surface area contributed by atoms with Gasteiger partial charge in [-0.15, -0.1) is 0 Å². The van der Waals surface area contributed by atoms with Crippen LogP contribution in [0.4, 0.5) is 11.6 Å². The Bertz CT molecular complexity index is 412. The first kappa shape index (κ1) is 14.1. The number of nitrogens with one attached hydrogen (secondary N) is 2. The first-order valence-corrected chi connectivity index (χ1v) is 7.12. The van der Waals surface area contributed by atoms with E-state index in [2.05, 4.69) is 52.5 Å². The van der Waals surface area contributed by atoms with Gasteiger partial charge >= 0.3 is 0 Å². The predicted octanol–water partition coefficient (Wildman–Crippen LogP) is 1.79. The molecule has 0 aliphatic carbocycles. The van der Waals surface area contributed by atoms with E-state index < -0.39 is 0 Å². The quantitative estimate of drug-likeness (QED) is 0.867. The molecule has 5 heteroatoms. The lowest BCUT2D eigenvalue weighted by molar-refractivity contribution is 0.441. The van der Waals surface area contributed by atoms with Crippen molar-refractivity contribution in [3.05, 3.63) is 11.9 Å². The Labute approximate surface area is 115 Å². The molecule has 1 aromatic rings. The van der Waals surface area contributed by atoms with Crippen LogP contribution in [0.5, 0.6) is 0 Å². The summed E-state index contributed by atoms with van der Waals surface area (Å²) in [5, 5.41) is 6.75. The van der Waals surface area contributed by atoms with Crippen LogP contribution in [0.3, 0.4) is 0 Å². The van der Waals surface area contributed by atoms with Crippen LogP contribution in [0.15, 0.2) is 6.07 Å². The third kappa shape index (κ3) is 3.80. The molecule has 19 heavy (non-hydrogen) atoms. The first-order valence-electron chi connectivity index (χ1n) is 7.12. The van der Waals surface area contributed by atoms with Gasteiger partial charge in [-0.25, -0.2) is 9.97 Å². The molecule has 0 saturated carbocycles. The highest BCUT2D eigenvalue weighted by Gasteiger charge is 2.19. The molecule has 106 valence electrons.